The van der Waals surface area contributed by atoms with Gasteiger partial charge < -0.3 is 4.74 Å². The highest BCUT2D eigenvalue weighted by atomic mass is 35.5. The number of hydrogen-bond acceptors (Lipinski definition) is 5. The zero-order chi connectivity index (χ0) is 14.7. The van der Waals surface area contributed by atoms with Crippen LogP contribution in [0.4, 0.5) is 5.13 Å². The molecule has 0 bridgehead atoms. The molecule has 0 aliphatic carbocycles. The summed E-state index contributed by atoms with van der Waals surface area (Å²) in [6.07, 6.45) is 1.66. The number of thiazole rings is 1. The maximum absolute atomic E-state index is 5.98. The maximum atomic E-state index is 5.98. The smallest absolute Gasteiger partial charge is 0.204 e. The Hall–Kier alpha value is -2.11. The first-order valence-electron chi connectivity index (χ1n) is 6.24. The molecule has 0 amide bonds. The molecule has 1 N–H and O–H groups in total. The van der Waals surface area contributed by atoms with Gasteiger partial charge in [0.25, 0.3) is 0 Å². The molecule has 0 saturated carbocycles. The Morgan fingerprint density at radius 2 is 2.14 bits per heavy atom. The molecule has 0 fully saturated rings. The second-order valence-corrected chi connectivity index (χ2v) is 5.71. The van der Waals surface area contributed by atoms with E-state index in [1.54, 1.807) is 42.9 Å². The number of benzene rings is 2. The van der Waals surface area contributed by atoms with Crippen LogP contribution in [0, 0.1) is 0 Å². The second-order valence-electron chi connectivity index (χ2n) is 4.24. The van der Waals surface area contributed by atoms with Crippen LogP contribution in [0.15, 0.2) is 47.6 Å². The summed E-state index contributed by atoms with van der Waals surface area (Å²) >= 11 is 7.53. The number of rotatable bonds is 4. The number of hydrogen-bond donors (Lipinski definition) is 1. The Kier molecular flexibility index (Phi) is 4.03. The molecule has 4 nitrogen and oxygen atoms in total. The van der Waals surface area contributed by atoms with Crippen molar-refractivity contribution in [2.45, 2.75) is 0 Å². The largest absolute Gasteiger partial charge is 0.496 e. The number of methoxy groups -OCH3 is 1. The molecule has 0 radical (unpaired) electrons. The van der Waals surface area contributed by atoms with Gasteiger partial charge in [0.15, 0.2) is 0 Å². The lowest BCUT2D eigenvalue weighted by Gasteiger charge is -2.04. The minimum Gasteiger partial charge on any atom is -0.496 e. The van der Waals surface area contributed by atoms with Crippen LogP contribution < -0.4 is 10.2 Å². The van der Waals surface area contributed by atoms with E-state index in [2.05, 4.69) is 15.5 Å². The molecule has 6 heteroatoms. The number of ether oxygens (including phenoxy) is 1. The third kappa shape index (κ3) is 3.15. The average molecular weight is 318 g/mol. The van der Waals surface area contributed by atoms with Crippen molar-refractivity contribution in [1.82, 2.24) is 4.98 Å². The lowest BCUT2D eigenvalue weighted by Crippen LogP contribution is -1.93. The monoisotopic (exact) mass is 317 g/mol. The standard InChI is InChI=1S/C15H12ClN3OS/c1-20-13-7-6-11(16)8-10(13)9-17-19-15-18-12-4-2-3-5-14(12)21-15/h2-9H,1H3,(H,18,19). The van der Waals surface area contributed by atoms with E-state index in [1.807, 2.05) is 24.3 Å². The Bertz CT molecular complexity index is 767. The zero-order valence-electron chi connectivity index (χ0n) is 11.2. The summed E-state index contributed by atoms with van der Waals surface area (Å²) in [5.41, 5.74) is 4.69. The van der Waals surface area contributed by atoms with E-state index in [1.165, 1.54) is 0 Å². The van der Waals surface area contributed by atoms with Crippen LogP contribution in [0.3, 0.4) is 0 Å². The number of halogens is 1. The van der Waals surface area contributed by atoms with Gasteiger partial charge in [0.05, 0.1) is 23.5 Å². The summed E-state index contributed by atoms with van der Waals surface area (Å²) in [5, 5.41) is 5.57. The SMILES string of the molecule is COc1ccc(Cl)cc1C=NNc1nc2ccccc2s1. The number of para-hydroxylation sites is 1. The van der Waals surface area contributed by atoms with Crippen molar-refractivity contribution in [2.24, 2.45) is 5.10 Å². The highest BCUT2D eigenvalue weighted by molar-refractivity contribution is 7.22. The number of fused-ring (bicyclic) bond motifs is 1. The molecule has 0 aliphatic heterocycles. The predicted octanol–water partition coefficient (Wildman–Crippen LogP) is 4.40. The van der Waals surface area contributed by atoms with Crippen molar-refractivity contribution in [3.8, 4) is 5.75 Å². The molecule has 106 valence electrons. The van der Waals surface area contributed by atoms with Crippen molar-refractivity contribution in [2.75, 3.05) is 12.5 Å². The summed E-state index contributed by atoms with van der Waals surface area (Å²) in [7, 11) is 1.61. The minimum atomic E-state index is 0.636. The molecular formula is C15H12ClN3OS. The van der Waals surface area contributed by atoms with Gasteiger partial charge in [-0.2, -0.15) is 5.10 Å². The highest BCUT2D eigenvalue weighted by Crippen LogP contribution is 2.25. The Morgan fingerprint density at radius 3 is 2.95 bits per heavy atom. The molecule has 3 rings (SSSR count). The van der Waals surface area contributed by atoms with Gasteiger partial charge >= 0.3 is 0 Å². The van der Waals surface area contributed by atoms with Gasteiger partial charge in [0.1, 0.15) is 5.75 Å². The molecule has 0 aliphatic rings. The van der Waals surface area contributed by atoms with Crippen molar-refractivity contribution in [1.29, 1.82) is 0 Å². The van der Waals surface area contributed by atoms with Crippen molar-refractivity contribution in [3.05, 3.63) is 53.1 Å². The summed E-state index contributed by atoms with van der Waals surface area (Å²) in [5.74, 6) is 0.717. The summed E-state index contributed by atoms with van der Waals surface area (Å²) in [4.78, 5) is 4.44. The quantitative estimate of drug-likeness (QED) is 0.573. The fourth-order valence-electron chi connectivity index (χ4n) is 1.88. The van der Waals surface area contributed by atoms with Crippen LogP contribution in [0.2, 0.25) is 5.02 Å². The molecule has 1 aromatic heterocycles. The predicted molar refractivity (Wildman–Crippen MR) is 88.8 cm³/mol. The Morgan fingerprint density at radius 1 is 1.29 bits per heavy atom. The highest BCUT2D eigenvalue weighted by Gasteiger charge is 2.03. The van der Waals surface area contributed by atoms with Gasteiger partial charge in [-0.3, -0.25) is 5.43 Å². The van der Waals surface area contributed by atoms with E-state index in [0.717, 1.165) is 20.9 Å². The molecule has 2 aromatic carbocycles. The van der Waals surface area contributed by atoms with Gasteiger partial charge in [-0.25, -0.2) is 4.98 Å². The number of hydrazone groups is 1. The van der Waals surface area contributed by atoms with Crippen LogP contribution in [-0.4, -0.2) is 18.3 Å². The topological polar surface area (TPSA) is 46.5 Å². The fraction of sp³-hybridized carbons (Fsp3) is 0.0667. The van der Waals surface area contributed by atoms with Crippen molar-refractivity contribution in [3.63, 3.8) is 0 Å². The first-order valence-corrected chi connectivity index (χ1v) is 7.44. The molecule has 0 atom stereocenters. The first kappa shape index (κ1) is 13.9. The summed E-state index contributed by atoms with van der Waals surface area (Å²) in [6, 6.07) is 13.3. The normalized spacial score (nSPS) is 11.1. The van der Waals surface area contributed by atoms with Gasteiger partial charge in [0, 0.05) is 10.6 Å². The van der Waals surface area contributed by atoms with E-state index in [0.29, 0.717) is 10.8 Å². The van der Waals surface area contributed by atoms with E-state index >= 15 is 0 Å². The zero-order valence-corrected chi connectivity index (χ0v) is 12.8. The van der Waals surface area contributed by atoms with Gasteiger partial charge in [-0.1, -0.05) is 35.1 Å². The van der Waals surface area contributed by atoms with Gasteiger partial charge in [-0.05, 0) is 30.3 Å². The van der Waals surface area contributed by atoms with Crippen LogP contribution >= 0.6 is 22.9 Å². The van der Waals surface area contributed by atoms with Crippen molar-refractivity contribution >= 4 is 44.5 Å². The van der Waals surface area contributed by atoms with Crippen molar-refractivity contribution < 1.29 is 4.74 Å². The molecule has 1 heterocycles. The molecule has 0 unspecified atom stereocenters. The molecule has 0 saturated heterocycles. The fourth-order valence-corrected chi connectivity index (χ4v) is 2.88. The van der Waals surface area contributed by atoms with Crippen LogP contribution in [0.25, 0.3) is 10.2 Å². The van der Waals surface area contributed by atoms with E-state index in [9.17, 15) is 0 Å². The van der Waals surface area contributed by atoms with E-state index in [4.69, 9.17) is 16.3 Å². The van der Waals surface area contributed by atoms with Crippen LogP contribution in [-0.2, 0) is 0 Å². The second kappa shape index (κ2) is 6.11. The number of nitrogens with zero attached hydrogens (tertiary/aromatic N) is 2. The minimum absolute atomic E-state index is 0.636. The molecular weight excluding hydrogens is 306 g/mol. The third-order valence-corrected chi connectivity index (χ3v) is 4.03. The Labute approximate surface area is 131 Å². The van der Waals surface area contributed by atoms with E-state index < -0.39 is 0 Å². The maximum Gasteiger partial charge on any atom is 0.204 e. The van der Waals surface area contributed by atoms with E-state index in [-0.39, 0.29) is 0 Å². The Balaban J connectivity index is 1.79. The molecule has 0 spiro atoms. The average Bonchev–Trinajstić information content (AvgIpc) is 2.90. The number of aromatic nitrogens is 1. The number of anilines is 1. The molecule has 3 aromatic rings. The van der Waals surface area contributed by atoms with Crippen LogP contribution in [0.5, 0.6) is 5.75 Å². The summed E-state index contributed by atoms with van der Waals surface area (Å²) < 4.78 is 6.38. The van der Waals surface area contributed by atoms with Crippen LogP contribution in [0.1, 0.15) is 5.56 Å². The molecule has 21 heavy (non-hydrogen) atoms. The van der Waals surface area contributed by atoms with Gasteiger partial charge in [0.2, 0.25) is 5.13 Å². The number of nitrogens with one attached hydrogen (secondary N) is 1. The lowest BCUT2D eigenvalue weighted by molar-refractivity contribution is 0.414. The first-order chi connectivity index (χ1) is 10.3. The third-order valence-electron chi connectivity index (χ3n) is 2.85. The summed E-state index contributed by atoms with van der Waals surface area (Å²) in [6.45, 7) is 0. The van der Waals surface area contributed by atoms with Gasteiger partial charge in [-0.15, -0.1) is 0 Å². The lowest BCUT2D eigenvalue weighted by atomic mass is 10.2.